The number of aromatic nitrogens is 3. The van der Waals surface area contributed by atoms with Crippen molar-refractivity contribution in [2.45, 2.75) is 12.1 Å². The Kier molecular flexibility index (Phi) is 3.95. The summed E-state index contributed by atoms with van der Waals surface area (Å²) in [7, 11) is 0. The lowest BCUT2D eigenvalue weighted by molar-refractivity contribution is 0.100. The molecule has 3 rings (SSSR count). The predicted octanol–water partition coefficient (Wildman–Crippen LogP) is 2.97. The summed E-state index contributed by atoms with van der Waals surface area (Å²) in [5, 5.41) is 5.44. The number of anilines is 1. The third-order valence-electron chi connectivity index (χ3n) is 3.00. The molecule has 0 fully saturated rings. The van der Waals surface area contributed by atoms with Crippen molar-refractivity contribution in [3.63, 3.8) is 0 Å². The molecule has 0 aromatic carbocycles. The Bertz CT molecular complexity index is 869. The van der Waals surface area contributed by atoms with E-state index in [2.05, 4.69) is 15.3 Å². The van der Waals surface area contributed by atoms with Crippen LogP contribution in [-0.4, -0.2) is 32.3 Å². The molecule has 0 aliphatic heterocycles. The number of Topliss-reactive ketones (excluding diaryl/α,β-unsaturated/α-hetero) is 1. The van der Waals surface area contributed by atoms with Gasteiger partial charge in [-0.3, -0.25) is 19.3 Å². The van der Waals surface area contributed by atoms with Crippen LogP contribution in [0.5, 0.6) is 0 Å². The molecule has 0 radical (unpaired) electrons. The Morgan fingerprint density at radius 2 is 2.14 bits per heavy atom. The van der Waals surface area contributed by atoms with E-state index in [0.717, 1.165) is 10.7 Å². The summed E-state index contributed by atoms with van der Waals surface area (Å²) >= 11 is 2.68. The number of nitrogens with zero attached hydrogens (tertiary/aromatic N) is 3. The lowest BCUT2D eigenvalue weighted by Gasteiger charge is -1.99. The van der Waals surface area contributed by atoms with Crippen LogP contribution >= 0.6 is 23.1 Å². The second-order valence-electron chi connectivity index (χ2n) is 4.45. The van der Waals surface area contributed by atoms with Gasteiger partial charge in [0.1, 0.15) is 5.69 Å². The molecule has 3 heterocycles. The van der Waals surface area contributed by atoms with Crippen LogP contribution in [0.1, 0.15) is 27.9 Å². The molecule has 0 spiro atoms. The first-order valence-electron chi connectivity index (χ1n) is 6.39. The largest absolute Gasteiger partial charge is 0.296 e. The number of ketones is 1. The van der Waals surface area contributed by atoms with Gasteiger partial charge in [-0.05, 0) is 18.4 Å². The molecule has 0 saturated heterocycles. The number of amides is 1. The first kappa shape index (κ1) is 14.7. The number of hydrogen-bond acceptors (Lipinski definition) is 6. The average Bonchev–Trinajstić information content (AvgIpc) is 3.11. The quantitative estimate of drug-likeness (QED) is 0.587. The minimum atomic E-state index is -0.339. The van der Waals surface area contributed by atoms with E-state index in [-0.39, 0.29) is 11.7 Å². The maximum absolute atomic E-state index is 12.4. The lowest BCUT2D eigenvalue weighted by Crippen LogP contribution is -2.13. The molecule has 0 saturated carbocycles. The molecule has 0 bridgehead atoms. The van der Waals surface area contributed by atoms with Crippen LogP contribution in [0, 0.1) is 0 Å². The van der Waals surface area contributed by atoms with Crippen molar-refractivity contribution in [2.75, 3.05) is 11.6 Å². The minimum Gasteiger partial charge on any atom is -0.296 e. The number of imidazole rings is 1. The first-order chi connectivity index (χ1) is 10.6. The van der Waals surface area contributed by atoms with Crippen molar-refractivity contribution in [3.05, 3.63) is 41.2 Å². The molecular formula is C14H12N4O2S2. The zero-order valence-corrected chi connectivity index (χ0v) is 13.5. The molecule has 3 aromatic heterocycles. The Morgan fingerprint density at radius 3 is 2.82 bits per heavy atom. The fraction of sp³-hybridized carbons (Fsp3) is 0.143. The number of thioether (sulfide) groups is 1. The molecule has 0 unspecified atom stereocenters. The number of fused-ring (bicyclic) bond motifs is 1. The van der Waals surface area contributed by atoms with Crippen molar-refractivity contribution in [3.8, 4) is 0 Å². The minimum absolute atomic E-state index is 0.131. The van der Waals surface area contributed by atoms with Gasteiger partial charge in [0, 0.05) is 18.5 Å². The van der Waals surface area contributed by atoms with Crippen molar-refractivity contribution >= 4 is 45.4 Å². The van der Waals surface area contributed by atoms with Crippen molar-refractivity contribution in [2.24, 2.45) is 0 Å². The molecule has 0 aliphatic carbocycles. The molecule has 1 amide bonds. The van der Waals surface area contributed by atoms with Gasteiger partial charge in [0.15, 0.2) is 21.8 Å². The van der Waals surface area contributed by atoms with Crippen LogP contribution in [-0.2, 0) is 0 Å². The summed E-state index contributed by atoms with van der Waals surface area (Å²) in [6, 6.07) is 5.58. The van der Waals surface area contributed by atoms with Crippen LogP contribution in [0.25, 0.3) is 5.52 Å². The Balaban J connectivity index is 1.93. The Hall–Kier alpha value is -2.19. The van der Waals surface area contributed by atoms with E-state index >= 15 is 0 Å². The molecule has 6 nitrogen and oxygen atoms in total. The third-order valence-corrected chi connectivity index (χ3v) is 4.41. The van der Waals surface area contributed by atoms with E-state index in [0.29, 0.717) is 16.5 Å². The fourth-order valence-corrected chi connectivity index (χ4v) is 3.25. The van der Waals surface area contributed by atoms with Crippen LogP contribution in [0.4, 0.5) is 5.13 Å². The predicted molar refractivity (Wildman–Crippen MR) is 87.0 cm³/mol. The summed E-state index contributed by atoms with van der Waals surface area (Å²) in [6.45, 7) is 1.44. The monoisotopic (exact) mass is 332 g/mol. The Labute approximate surface area is 134 Å². The van der Waals surface area contributed by atoms with Gasteiger partial charge < -0.3 is 0 Å². The van der Waals surface area contributed by atoms with Crippen molar-refractivity contribution < 1.29 is 9.59 Å². The number of carbonyl (C=O) groups is 2. The van der Waals surface area contributed by atoms with Gasteiger partial charge in [0.2, 0.25) is 0 Å². The highest BCUT2D eigenvalue weighted by atomic mass is 32.2. The van der Waals surface area contributed by atoms with Crippen LogP contribution in [0.3, 0.4) is 0 Å². The molecule has 3 aromatic rings. The fourth-order valence-electron chi connectivity index (χ4n) is 1.97. The van der Waals surface area contributed by atoms with Gasteiger partial charge in [-0.1, -0.05) is 17.8 Å². The molecular weight excluding hydrogens is 320 g/mol. The maximum Gasteiger partial charge on any atom is 0.278 e. The van der Waals surface area contributed by atoms with Crippen LogP contribution < -0.4 is 5.32 Å². The van der Waals surface area contributed by atoms with Crippen LogP contribution in [0.2, 0.25) is 0 Å². The van der Waals surface area contributed by atoms with E-state index in [1.165, 1.54) is 30.0 Å². The number of rotatable bonds is 4. The number of thiazole rings is 1. The van der Waals surface area contributed by atoms with E-state index in [9.17, 15) is 9.59 Å². The number of pyridine rings is 1. The number of carbonyl (C=O) groups excluding carboxylic acids is 2. The second kappa shape index (κ2) is 5.90. The van der Waals surface area contributed by atoms with Crippen LogP contribution in [0.15, 0.2) is 34.9 Å². The van der Waals surface area contributed by atoms with Crippen molar-refractivity contribution in [1.29, 1.82) is 0 Å². The molecule has 22 heavy (non-hydrogen) atoms. The summed E-state index contributed by atoms with van der Waals surface area (Å²) in [4.78, 5) is 32.1. The smallest absolute Gasteiger partial charge is 0.278 e. The third kappa shape index (κ3) is 2.62. The highest BCUT2D eigenvalue weighted by Crippen LogP contribution is 2.22. The number of nitrogens with one attached hydrogen (secondary N) is 1. The van der Waals surface area contributed by atoms with Gasteiger partial charge in [-0.2, -0.15) is 0 Å². The highest BCUT2D eigenvalue weighted by Gasteiger charge is 2.18. The standard InChI is InChI=1S/C14H12N4O2S2/c1-8(19)9-7-22-13(15-9)17-12(20)11-10-5-3-4-6-18(10)14(16-11)21-2/h3-7H,1-2H3,(H,15,17,20). The zero-order valence-electron chi connectivity index (χ0n) is 11.9. The molecule has 112 valence electrons. The molecule has 1 N–H and O–H groups in total. The maximum atomic E-state index is 12.4. The summed E-state index contributed by atoms with van der Waals surface area (Å²) < 4.78 is 1.86. The molecule has 0 atom stereocenters. The van der Waals surface area contributed by atoms with E-state index in [1.807, 2.05) is 35.1 Å². The second-order valence-corrected chi connectivity index (χ2v) is 6.08. The first-order valence-corrected chi connectivity index (χ1v) is 8.49. The molecule has 0 aliphatic rings. The number of hydrogen-bond donors (Lipinski definition) is 1. The van der Waals surface area contributed by atoms with Crippen molar-refractivity contribution in [1.82, 2.24) is 14.4 Å². The average molecular weight is 332 g/mol. The Morgan fingerprint density at radius 1 is 1.32 bits per heavy atom. The lowest BCUT2D eigenvalue weighted by atomic mass is 10.3. The van der Waals surface area contributed by atoms with Gasteiger partial charge >= 0.3 is 0 Å². The highest BCUT2D eigenvalue weighted by molar-refractivity contribution is 7.98. The van der Waals surface area contributed by atoms with E-state index in [1.54, 1.807) is 5.38 Å². The molecule has 8 heteroatoms. The normalized spacial score (nSPS) is 10.8. The summed E-state index contributed by atoms with van der Waals surface area (Å²) in [6.07, 6.45) is 3.77. The van der Waals surface area contributed by atoms with Gasteiger partial charge in [-0.15, -0.1) is 11.3 Å². The van der Waals surface area contributed by atoms with Gasteiger partial charge in [-0.25, -0.2) is 9.97 Å². The van der Waals surface area contributed by atoms with E-state index in [4.69, 9.17) is 0 Å². The summed E-state index contributed by atoms with van der Waals surface area (Å²) in [5.41, 5.74) is 1.41. The summed E-state index contributed by atoms with van der Waals surface area (Å²) in [5.74, 6) is -0.470. The topological polar surface area (TPSA) is 76.4 Å². The van der Waals surface area contributed by atoms with Gasteiger partial charge in [0.05, 0.1) is 5.52 Å². The van der Waals surface area contributed by atoms with Gasteiger partial charge in [0.25, 0.3) is 5.91 Å². The zero-order chi connectivity index (χ0) is 15.7. The SMILES string of the molecule is CSc1nc(C(=O)Nc2nc(C(C)=O)cs2)c2ccccn12. The van der Waals surface area contributed by atoms with E-state index < -0.39 is 0 Å².